The van der Waals surface area contributed by atoms with Crippen LogP contribution in [0.2, 0.25) is 0 Å². The molecule has 1 aromatic carbocycles. The number of nitrogens with zero attached hydrogens (tertiary/aromatic N) is 3. The zero-order chi connectivity index (χ0) is 21.2. The molecule has 3 heterocycles. The minimum atomic E-state index is -0.232. The zero-order valence-corrected chi connectivity index (χ0v) is 18.0. The fourth-order valence-electron chi connectivity index (χ4n) is 4.14. The molecule has 1 atom stereocenters. The Kier molecular flexibility index (Phi) is 5.61. The lowest BCUT2D eigenvalue weighted by Crippen LogP contribution is -2.31. The number of halogens is 1. The number of hydrogen-bond acceptors (Lipinski definition) is 6. The van der Waals surface area contributed by atoms with Crippen LogP contribution < -0.4 is 11.1 Å². The summed E-state index contributed by atoms with van der Waals surface area (Å²) in [6.07, 6.45) is 8.81. The SMILES string of the molecule is N[C@H](CNc1nc(-c2ccncc2)nc2sc3c(c12)CCCC3)Cc1ccc(F)cc1. The zero-order valence-electron chi connectivity index (χ0n) is 17.1. The van der Waals surface area contributed by atoms with Gasteiger partial charge in [0.2, 0.25) is 0 Å². The molecule has 3 N–H and O–H groups in total. The number of aromatic nitrogens is 3. The molecule has 1 aliphatic carbocycles. The Morgan fingerprint density at radius 3 is 2.61 bits per heavy atom. The van der Waals surface area contributed by atoms with Gasteiger partial charge in [0, 0.05) is 35.4 Å². The molecule has 3 aromatic heterocycles. The fourth-order valence-corrected chi connectivity index (χ4v) is 5.40. The van der Waals surface area contributed by atoms with Crippen molar-refractivity contribution in [3.05, 3.63) is 70.6 Å². The van der Waals surface area contributed by atoms with E-state index in [1.807, 2.05) is 12.1 Å². The molecule has 0 amide bonds. The van der Waals surface area contributed by atoms with Crippen molar-refractivity contribution in [2.75, 3.05) is 11.9 Å². The molecule has 0 spiro atoms. The third-order valence-electron chi connectivity index (χ3n) is 5.70. The first-order valence-electron chi connectivity index (χ1n) is 10.6. The van der Waals surface area contributed by atoms with Crippen LogP contribution >= 0.6 is 11.3 Å². The minimum absolute atomic E-state index is 0.116. The molecule has 0 radical (unpaired) electrons. The molecule has 7 heteroatoms. The molecule has 0 saturated carbocycles. The van der Waals surface area contributed by atoms with Gasteiger partial charge in [-0.1, -0.05) is 12.1 Å². The quantitative estimate of drug-likeness (QED) is 0.459. The number of anilines is 1. The van der Waals surface area contributed by atoms with E-state index in [0.29, 0.717) is 18.8 Å². The van der Waals surface area contributed by atoms with Gasteiger partial charge >= 0.3 is 0 Å². The lowest BCUT2D eigenvalue weighted by Gasteiger charge is -2.16. The van der Waals surface area contributed by atoms with Crippen LogP contribution in [0.3, 0.4) is 0 Å². The van der Waals surface area contributed by atoms with E-state index in [-0.39, 0.29) is 11.9 Å². The highest BCUT2D eigenvalue weighted by molar-refractivity contribution is 7.19. The van der Waals surface area contributed by atoms with Gasteiger partial charge in [-0.3, -0.25) is 4.98 Å². The molecule has 1 aliphatic rings. The number of aryl methyl sites for hydroxylation is 2. The van der Waals surface area contributed by atoms with Crippen molar-refractivity contribution in [1.29, 1.82) is 0 Å². The third-order valence-corrected chi connectivity index (χ3v) is 6.88. The van der Waals surface area contributed by atoms with Gasteiger partial charge in [0.25, 0.3) is 0 Å². The first kappa shape index (κ1) is 20.0. The number of rotatable bonds is 6. The largest absolute Gasteiger partial charge is 0.368 e. The molecule has 0 aliphatic heterocycles. The first-order chi connectivity index (χ1) is 15.2. The van der Waals surface area contributed by atoms with Crippen LogP contribution in [0.15, 0.2) is 48.8 Å². The van der Waals surface area contributed by atoms with Gasteiger partial charge in [-0.15, -0.1) is 11.3 Å². The van der Waals surface area contributed by atoms with Gasteiger partial charge in [0.1, 0.15) is 16.5 Å². The molecule has 31 heavy (non-hydrogen) atoms. The predicted molar refractivity (Wildman–Crippen MR) is 124 cm³/mol. The number of pyridine rings is 1. The van der Waals surface area contributed by atoms with Crippen molar-refractivity contribution in [2.24, 2.45) is 5.73 Å². The smallest absolute Gasteiger partial charge is 0.163 e. The minimum Gasteiger partial charge on any atom is -0.368 e. The van der Waals surface area contributed by atoms with Gasteiger partial charge in [-0.2, -0.15) is 0 Å². The van der Waals surface area contributed by atoms with E-state index in [9.17, 15) is 4.39 Å². The van der Waals surface area contributed by atoms with Gasteiger partial charge < -0.3 is 11.1 Å². The molecule has 5 rings (SSSR count). The van der Waals surface area contributed by atoms with E-state index in [4.69, 9.17) is 15.7 Å². The van der Waals surface area contributed by atoms with Crippen LogP contribution in [0.1, 0.15) is 28.8 Å². The lowest BCUT2D eigenvalue weighted by atomic mass is 9.97. The van der Waals surface area contributed by atoms with Crippen molar-refractivity contribution >= 4 is 27.4 Å². The van der Waals surface area contributed by atoms with E-state index in [2.05, 4.69) is 10.3 Å². The number of nitrogens with two attached hydrogens (primary N) is 1. The monoisotopic (exact) mass is 433 g/mol. The molecule has 0 unspecified atom stereocenters. The summed E-state index contributed by atoms with van der Waals surface area (Å²) in [5.74, 6) is 1.32. The maximum absolute atomic E-state index is 13.2. The van der Waals surface area contributed by atoms with Crippen LogP contribution in [-0.2, 0) is 19.3 Å². The molecule has 5 nitrogen and oxygen atoms in total. The molecule has 4 aromatic rings. The highest BCUT2D eigenvalue weighted by Gasteiger charge is 2.22. The maximum atomic E-state index is 13.2. The van der Waals surface area contributed by atoms with Crippen LogP contribution in [-0.4, -0.2) is 27.5 Å². The van der Waals surface area contributed by atoms with Crippen molar-refractivity contribution in [2.45, 2.75) is 38.1 Å². The van der Waals surface area contributed by atoms with Gasteiger partial charge in [0.05, 0.1) is 5.39 Å². The van der Waals surface area contributed by atoms with E-state index in [1.165, 1.54) is 35.4 Å². The second-order valence-corrected chi connectivity index (χ2v) is 9.08. The molecule has 0 saturated heterocycles. The van der Waals surface area contributed by atoms with Gasteiger partial charge in [-0.05, 0) is 67.5 Å². The van der Waals surface area contributed by atoms with Gasteiger partial charge in [0.15, 0.2) is 5.82 Å². The summed E-state index contributed by atoms with van der Waals surface area (Å²) in [6, 6.07) is 10.3. The van der Waals surface area contributed by atoms with Crippen molar-refractivity contribution in [3.63, 3.8) is 0 Å². The molecule has 0 fully saturated rings. The van der Waals surface area contributed by atoms with Crippen LogP contribution in [0.5, 0.6) is 0 Å². The normalized spacial score (nSPS) is 14.4. The summed E-state index contributed by atoms with van der Waals surface area (Å²) in [5.41, 5.74) is 9.75. The van der Waals surface area contributed by atoms with Crippen LogP contribution in [0.4, 0.5) is 10.2 Å². The second-order valence-electron chi connectivity index (χ2n) is 7.99. The first-order valence-corrected chi connectivity index (χ1v) is 11.5. The average Bonchev–Trinajstić information content (AvgIpc) is 3.18. The van der Waals surface area contributed by atoms with Crippen molar-refractivity contribution in [3.8, 4) is 11.4 Å². The summed E-state index contributed by atoms with van der Waals surface area (Å²) in [5, 5.41) is 4.65. The Hall–Kier alpha value is -2.90. The van der Waals surface area contributed by atoms with Crippen LogP contribution in [0, 0.1) is 5.82 Å². The Morgan fingerprint density at radius 2 is 1.81 bits per heavy atom. The molecular weight excluding hydrogens is 409 g/mol. The fraction of sp³-hybridized carbons (Fsp3) is 0.292. The highest BCUT2D eigenvalue weighted by Crippen LogP contribution is 2.39. The Labute approximate surface area is 184 Å². The van der Waals surface area contributed by atoms with E-state index >= 15 is 0 Å². The standard InChI is InChI=1S/C24H24FN5S/c25-17-7-5-15(6-8-17)13-18(26)14-28-23-21-19-3-1-2-4-20(19)31-24(21)30-22(29-23)16-9-11-27-12-10-16/h5-12,18H,1-4,13-14,26H2,(H,28,29,30)/t18-/m0/s1. The average molecular weight is 434 g/mol. The highest BCUT2D eigenvalue weighted by atomic mass is 32.1. The molecular formula is C24H24FN5S. The second kappa shape index (κ2) is 8.69. The lowest BCUT2D eigenvalue weighted by molar-refractivity contribution is 0.625. The van der Waals surface area contributed by atoms with E-state index in [0.717, 1.165) is 40.0 Å². The van der Waals surface area contributed by atoms with E-state index < -0.39 is 0 Å². The maximum Gasteiger partial charge on any atom is 0.163 e. The number of fused-ring (bicyclic) bond motifs is 3. The van der Waals surface area contributed by atoms with Crippen molar-refractivity contribution < 1.29 is 4.39 Å². The Bertz CT molecular complexity index is 1190. The number of benzene rings is 1. The van der Waals surface area contributed by atoms with E-state index in [1.54, 1.807) is 35.9 Å². The topological polar surface area (TPSA) is 76.7 Å². The summed E-state index contributed by atoms with van der Waals surface area (Å²) < 4.78 is 13.2. The number of nitrogens with one attached hydrogen (secondary N) is 1. The number of hydrogen-bond donors (Lipinski definition) is 2. The molecule has 158 valence electrons. The van der Waals surface area contributed by atoms with Crippen LogP contribution in [0.25, 0.3) is 21.6 Å². The Morgan fingerprint density at radius 1 is 1.03 bits per heavy atom. The van der Waals surface area contributed by atoms with Crippen molar-refractivity contribution in [1.82, 2.24) is 15.0 Å². The summed E-state index contributed by atoms with van der Waals surface area (Å²) >= 11 is 1.79. The summed E-state index contributed by atoms with van der Waals surface area (Å²) in [6.45, 7) is 0.573. The predicted octanol–water partition coefficient (Wildman–Crippen LogP) is 4.75. The third kappa shape index (κ3) is 4.29. The van der Waals surface area contributed by atoms with Gasteiger partial charge in [-0.25, -0.2) is 14.4 Å². The summed E-state index contributed by atoms with van der Waals surface area (Å²) in [7, 11) is 0. The molecule has 0 bridgehead atoms. The Balaban J connectivity index is 1.45. The number of thiophene rings is 1. The summed E-state index contributed by atoms with van der Waals surface area (Å²) in [4.78, 5) is 16.3.